The molecule has 30 heavy (non-hydrogen) atoms. The van der Waals surface area contributed by atoms with E-state index in [1.54, 1.807) is 0 Å². The van der Waals surface area contributed by atoms with E-state index in [4.69, 9.17) is 0 Å². The molecule has 2 aromatic carbocycles. The molecule has 0 spiro atoms. The second kappa shape index (κ2) is 11.7. The van der Waals surface area contributed by atoms with Gasteiger partial charge < -0.3 is 0 Å². The number of aryl methyl sites for hydroxylation is 2. The van der Waals surface area contributed by atoms with E-state index in [2.05, 4.69) is 21.1 Å². The van der Waals surface area contributed by atoms with Crippen molar-refractivity contribution in [1.82, 2.24) is 10.9 Å². The van der Waals surface area contributed by atoms with Crippen LogP contribution in [0, 0.1) is 13.8 Å². The molecule has 0 atom stereocenters. The van der Waals surface area contributed by atoms with Crippen LogP contribution in [0.1, 0.15) is 61.8 Å². The zero-order valence-corrected chi connectivity index (χ0v) is 18.2. The van der Waals surface area contributed by atoms with Crippen molar-refractivity contribution in [1.29, 1.82) is 0 Å². The smallest absolute Gasteiger partial charge is 0.240 e. The fourth-order valence-corrected chi connectivity index (χ4v) is 2.69. The molecular formula is C24H30N4O2. The number of carbonyl (C=O) groups is 2. The first kappa shape index (κ1) is 23.0. The van der Waals surface area contributed by atoms with E-state index < -0.39 is 0 Å². The van der Waals surface area contributed by atoms with Crippen molar-refractivity contribution in [2.75, 3.05) is 0 Å². The number of unbranched alkanes of at least 4 members (excludes halogenated alkanes) is 1. The van der Waals surface area contributed by atoms with Crippen LogP contribution in [-0.2, 0) is 9.59 Å². The molecule has 0 heterocycles. The molecule has 0 bridgehead atoms. The van der Waals surface area contributed by atoms with Crippen LogP contribution in [0.3, 0.4) is 0 Å². The third-order valence-corrected chi connectivity index (χ3v) is 4.69. The first-order valence-corrected chi connectivity index (χ1v) is 10.2. The maximum atomic E-state index is 11.9. The highest BCUT2D eigenvalue weighted by Gasteiger charge is 2.05. The highest BCUT2D eigenvalue weighted by atomic mass is 16.2. The van der Waals surface area contributed by atoms with Gasteiger partial charge in [0.25, 0.3) is 0 Å². The van der Waals surface area contributed by atoms with Crippen LogP contribution in [0.4, 0.5) is 0 Å². The number of hydrogen-bond donors (Lipinski definition) is 2. The number of amides is 2. The minimum absolute atomic E-state index is 0.157. The van der Waals surface area contributed by atoms with Crippen LogP contribution in [0.5, 0.6) is 0 Å². The second-order valence-electron chi connectivity index (χ2n) is 7.40. The Morgan fingerprint density at radius 3 is 1.33 bits per heavy atom. The molecule has 0 unspecified atom stereocenters. The van der Waals surface area contributed by atoms with Gasteiger partial charge in [0.1, 0.15) is 0 Å². The largest absolute Gasteiger partial charge is 0.273 e. The normalized spacial score (nSPS) is 11.9. The Hall–Kier alpha value is -3.28. The van der Waals surface area contributed by atoms with Crippen LogP contribution in [-0.4, -0.2) is 23.2 Å². The fraction of sp³-hybridized carbons (Fsp3) is 0.333. The molecule has 0 aliphatic carbocycles. The summed E-state index contributed by atoms with van der Waals surface area (Å²) in [5, 5.41) is 8.28. The summed E-state index contributed by atoms with van der Waals surface area (Å²) in [6, 6.07) is 15.9. The summed E-state index contributed by atoms with van der Waals surface area (Å²) in [4.78, 5) is 23.9. The minimum atomic E-state index is -0.157. The van der Waals surface area contributed by atoms with Gasteiger partial charge in [-0.3, -0.25) is 9.59 Å². The van der Waals surface area contributed by atoms with Gasteiger partial charge in [-0.15, -0.1) is 0 Å². The lowest BCUT2D eigenvalue weighted by atomic mass is 10.1. The Balaban J connectivity index is 1.66. The standard InChI is InChI=1S/C24H30N4O2/c1-17-9-13-21(14-10-17)19(3)25-27-23(29)7-5-6-8-24(30)28-26-20(4)22-15-11-18(2)12-16-22/h9-16H,5-8H2,1-4H3,(H,27,29)(H,28,30). The van der Waals surface area contributed by atoms with Crippen molar-refractivity contribution in [2.45, 2.75) is 53.4 Å². The lowest BCUT2D eigenvalue weighted by Crippen LogP contribution is -2.20. The Morgan fingerprint density at radius 2 is 1.00 bits per heavy atom. The molecule has 2 N–H and O–H groups in total. The first-order valence-electron chi connectivity index (χ1n) is 10.2. The molecule has 0 aliphatic heterocycles. The van der Waals surface area contributed by atoms with Crippen molar-refractivity contribution < 1.29 is 9.59 Å². The number of nitrogens with one attached hydrogen (secondary N) is 2. The van der Waals surface area contributed by atoms with E-state index in [-0.39, 0.29) is 11.8 Å². The van der Waals surface area contributed by atoms with E-state index in [0.717, 1.165) is 22.6 Å². The van der Waals surface area contributed by atoms with Crippen LogP contribution < -0.4 is 10.9 Å². The quantitative estimate of drug-likeness (QED) is 0.371. The Kier molecular flexibility index (Phi) is 8.94. The average molecular weight is 407 g/mol. The minimum Gasteiger partial charge on any atom is -0.273 e. The van der Waals surface area contributed by atoms with Crippen molar-refractivity contribution in [3.8, 4) is 0 Å². The van der Waals surface area contributed by atoms with Gasteiger partial charge in [0.2, 0.25) is 11.8 Å². The van der Waals surface area contributed by atoms with Crippen molar-refractivity contribution in [3.63, 3.8) is 0 Å². The SMILES string of the molecule is CC(=NNC(=O)CCCCC(=O)NN=C(C)c1ccc(C)cc1)c1ccc(C)cc1. The number of hydrazone groups is 2. The number of nitrogens with zero attached hydrogens (tertiary/aromatic N) is 2. The first-order chi connectivity index (χ1) is 14.3. The van der Waals surface area contributed by atoms with Gasteiger partial charge in [-0.25, -0.2) is 10.9 Å². The number of rotatable bonds is 9. The van der Waals surface area contributed by atoms with Crippen LogP contribution in [0.15, 0.2) is 58.7 Å². The molecule has 2 rings (SSSR count). The Bertz CT molecular complexity index is 836. The second-order valence-corrected chi connectivity index (χ2v) is 7.40. The third kappa shape index (κ3) is 7.99. The summed E-state index contributed by atoms with van der Waals surface area (Å²) in [6.07, 6.45) is 1.87. The zero-order valence-electron chi connectivity index (χ0n) is 18.2. The predicted octanol–water partition coefficient (Wildman–Crippen LogP) is 4.24. The average Bonchev–Trinajstić information content (AvgIpc) is 2.74. The van der Waals surface area contributed by atoms with Crippen LogP contribution in [0.2, 0.25) is 0 Å². The zero-order chi connectivity index (χ0) is 21.9. The highest BCUT2D eigenvalue weighted by molar-refractivity contribution is 5.99. The summed E-state index contributed by atoms with van der Waals surface area (Å²) in [5.41, 5.74) is 10.9. The van der Waals surface area contributed by atoms with Crippen LogP contribution in [0.25, 0.3) is 0 Å². The molecule has 0 saturated heterocycles. The maximum absolute atomic E-state index is 11.9. The van der Waals surface area contributed by atoms with Gasteiger partial charge in [-0.1, -0.05) is 59.7 Å². The lowest BCUT2D eigenvalue weighted by Gasteiger charge is -2.05. The maximum Gasteiger partial charge on any atom is 0.240 e. The summed E-state index contributed by atoms with van der Waals surface area (Å²) in [6.45, 7) is 7.76. The van der Waals surface area contributed by atoms with E-state index in [0.29, 0.717) is 25.7 Å². The van der Waals surface area contributed by atoms with Crippen LogP contribution >= 0.6 is 0 Å². The topological polar surface area (TPSA) is 82.9 Å². The van der Waals surface area contributed by atoms with Gasteiger partial charge in [-0.05, 0) is 51.7 Å². The lowest BCUT2D eigenvalue weighted by molar-refractivity contribution is -0.123. The third-order valence-electron chi connectivity index (χ3n) is 4.69. The van der Waals surface area contributed by atoms with Gasteiger partial charge in [0, 0.05) is 12.8 Å². The summed E-state index contributed by atoms with van der Waals surface area (Å²) >= 11 is 0. The van der Waals surface area contributed by atoms with E-state index in [1.807, 2.05) is 76.2 Å². The summed E-state index contributed by atoms with van der Waals surface area (Å²) < 4.78 is 0. The van der Waals surface area contributed by atoms with Crippen molar-refractivity contribution in [2.24, 2.45) is 10.2 Å². The molecule has 0 aliphatic rings. The van der Waals surface area contributed by atoms with Crippen molar-refractivity contribution in [3.05, 3.63) is 70.8 Å². The van der Waals surface area contributed by atoms with E-state index in [9.17, 15) is 9.59 Å². The monoisotopic (exact) mass is 406 g/mol. The van der Waals surface area contributed by atoms with E-state index >= 15 is 0 Å². The fourth-order valence-electron chi connectivity index (χ4n) is 2.69. The summed E-state index contributed by atoms with van der Waals surface area (Å²) in [7, 11) is 0. The highest BCUT2D eigenvalue weighted by Crippen LogP contribution is 2.06. The van der Waals surface area contributed by atoms with Crippen molar-refractivity contribution >= 4 is 23.2 Å². The Labute approximate surface area is 178 Å². The molecular weight excluding hydrogens is 376 g/mol. The predicted molar refractivity (Wildman–Crippen MR) is 122 cm³/mol. The molecule has 0 aromatic heterocycles. The molecule has 0 fully saturated rings. The summed E-state index contributed by atoms with van der Waals surface area (Å²) in [5.74, 6) is -0.315. The van der Waals surface area contributed by atoms with Gasteiger partial charge in [-0.2, -0.15) is 10.2 Å². The molecule has 6 heteroatoms. The Morgan fingerprint density at radius 1 is 0.667 bits per heavy atom. The molecule has 6 nitrogen and oxygen atoms in total. The molecule has 2 aromatic rings. The number of carbonyl (C=O) groups excluding carboxylic acids is 2. The molecule has 2 amide bonds. The van der Waals surface area contributed by atoms with E-state index in [1.165, 1.54) is 11.1 Å². The van der Waals surface area contributed by atoms with Gasteiger partial charge >= 0.3 is 0 Å². The van der Waals surface area contributed by atoms with Gasteiger partial charge in [0.15, 0.2) is 0 Å². The number of hydrogen-bond acceptors (Lipinski definition) is 4. The molecule has 0 saturated carbocycles. The van der Waals surface area contributed by atoms with Gasteiger partial charge in [0.05, 0.1) is 11.4 Å². The number of benzene rings is 2. The molecule has 0 radical (unpaired) electrons. The molecule has 158 valence electrons.